The third-order valence-corrected chi connectivity index (χ3v) is 10.8. The monoisotopic (exact) mass is 742 g/mol. The van der Waals surface area contributed by atoms with Gasteiger partial charge >= 0.3 is 44.1 Å². The third-order valence-electron chi connectivity index (χ3n) is 8.01. The largest absolute Gasteiger partial charge is 0.481 e. The predicted molar refractivity (Wildman–Crippen MR) is 158 cm³/mol. The van der Waals surface area contributed by atoms with Gasteiger partial charge in [0.15, 0.2) is 0 Å². The zero-order valence-corrected chi connectivity index (χ0v) is 27.9. The van der Waals surface area contributed by atoms with Gasteiger partial charge in [-0.1, -0.05) is 25.7 Å². The van der Waals surface area contributed by atoms with E-state index in [0.717, 1.165) is 0 Å². The number of amides is 4. The molecule has 2 unspecified atom stereocenters. The molecule has 2 heterocycles. The minimum absolute atomic E-state index is 0.00185. The number of likely N-dealkylation sites (tertiary alicyclic amines) is 2. The lowest BCUT2D eigenvalue weighted by Crippen LogP contribution is -2.63. The molecule has 2 atom stereocenters. The van der Waals surface area contributed by atoms with Crippen molar-refractivity contribution in [1.29, 1.82) is 0 Å². The number of rotatable bonds is 22. The van der Waals surface area contributed by atoms with E-state index < -0.39 is 123 Å². The van der Waals surface area contributed by atoms with Crippen molar-refractivity contribution < 1.29 is 84.0 Å². The first-order valence-electron chi connectivity index (χ1n) is 15.2. The van der Waals surface area contributed by atoms with Gasteiger partial charge in [0.25, 0.3) is 9.74 Å². The summed E-state index contributed by atoms with van der Waals surface area (Å²) < 4.78 is 80.9. The van der Waals surface area contributed by atoms with Gasteiger partial charge in [-0.3, -0.25) is 37.9 Å². The number of esters is 2. The molecule has 22 heteroatoms. The summed E-state index contributed by atoms with van der Waals surface area (Å²) in [7, 11) is -11.5. The molecule has 0 bridgehead atoms. The number of carbonyl (C=O) groups is 8. The molecular weight excluding hydrogens is 704 g/mol. The Morgan fingerprint density at radius 1 is 0.551 bits per heavy atom. The van der Waals surface area contributed by atoms with E-state index in [1.165, 1.54) is 0 Å². The fourth-order valence-corrected chi connectivity index (χ4v) is 7.83. The standard InChI is InChI=1S/C27H38N2O18S2/c30-18-11-12-19(31)28(18)26(48(40,41)42,15-7-3-1-5-9-22(34)35)24(38)46-17-47-25(39)27(49(43,44)45,29-20(32)13-14-21(29)33)16-8-4-2-6-10-23(36)37/h1-17H2,(H,34,35)(H,36,37)(H,40,41,42)(H,43,44,45). The molecule has 0 aromatic rings. The molecule has 2 aliphatic heterocycles. The minimum atomic E-state index is -5.73. The molecule has 0 saturated carbocycles. The number of carboxylic acid groups (broad SMARTS) is 2. The number of hydrogen-bond donors (Lipinski definition) is 4. The highest BCUT2D eigenvalue weighted by Crippen LogP contribution is 2.37. The Morgan fingerprint density at radius 3 is 1.10 bits per heavy atom. The van der Waals surface area contributed by atoms with Crippen molar-refractivity contribution in [2.24, 2.45) is 0 Å². The molecule has 2 saturated heterocycles. The van der Waals surface area contributed by atoms with Gasteiger partial charge in [-0.2, -0.15) is 16.8 Å². The molecule has 49 heavy (non-hydrogen) atoms. The van der Waals surface area contributed by atoms with Crippen LogP contribution in [-0.4, -0.2) is 110 Å². The second-order valence-corrected chi connectivity index (χ2v) is 14.6. The Hall–Kier alpha value is -4.02. The van der Waals surface area contributed by atoms with Crippen molar-refractivity contribution in [3.8, 4) is 0 Å². The number of carboxylic acids is 2. The van der Waals surface area contributed by atoms with Crippen LogP contribution < -0.4 is 0 Å². The number of ether oxygens (including phenoxy) is 2. The van der Waals surface area contributed by atoms with Gasteiger partial charge in [0.1, 0.15) is 0 Å². The molecule has 2 fully saturated rings. The van der Waals surface area contributed by atoms with Crippen LogP contribution in [0.25, 0.3) is 0 Å². The second-order valence-electron chi connectivity index (χ2n) is 11.4. The highest BCUT2D eigenvalue weighted by Gasteiger charge is 2.63. The third kappa shape index (κ3) is 9.57. The van der Waals surface area contributed by atoms with Crippen LogP contribution in [-0.2, 0) is 68.1 Å². The zero-order chi connectivity index (χ0) is 37.2. The Kier molecular flexibility index (Phi) is 14.3. The fourth-order valence-electron chi connectivity index (χ4n) is 5.62. The van der Waals surface area contributed by atoms with Gasteiger partial charge in [-0.05, 0) is 38.5 Å². The van der Waals surface area contributed by atoms with Crippen LogP contribution in [0.5, 0.6) is 0 Å². The Morgan fingerprint density at radius 2 is 0.837 bits per heavy atom. The molecule has 276 valence electrons. The summed E-state index contributed by atoms with van der Waals surface area (Å²) in [6.45, 7) is -1.66. The Bertz CT molecular complexity index is 1410. The van der Waals surface area contributed by atoms with Gasteiger partial charge in [0.05, 0.1) is 0 Å². The lowest BCUT2D eigenvalue weighted by Gasteiger charge is -2.36. The molecule has 0 aliphatic carbocycles. The first-order valence-corrected chi connectivity index (χ1v) is 18.1. The van der Waals surface area contributed by atoms with E-state index in [2.05, 4.69) is 0 Å². The number of hydrogen-bond acceptors (Lipinski definition) is 14. The summed E-state index contributed by atoms with van der Waals surface area (Å²) in [6, 6.07) is 0. The molecule has 2 rings (SSSR count). The van der Waals surface area contributed by atoms with Crippen LogP contribution in [0.15, 0.2) is 0 Å². The van der Waals surface area contributed by atoms with E-state index in [4.69, 9.17) is 19.7 Å². The topological polar surface area (TPSA) is 311 Å². The normalized spacial score (nSPS) is 17.9. The van der Waals surface area contributed by atoms with Crippen molar-refractivity contribution >= 4 is 67.7 Å². The molecule has 2 aliphatic rings. The molecular formula is C27H38N2O18S2. The van der Waals surface area contributed by atoms with E-state index in [1.54, 1.807) is 0 Å². The fraction of sp³-hybridized carbons (Fsp3) is 0.704. The summed E-state index contributed by atoms with van der Waals surface area (Å²) in [5.74, 6) is -10.9. The average Bonchev–Trinajstić information content (AvgIpc) is 3.50. The number of aliphatic carboxylic acids is 2. The summed E-state index contributed by atoms with van der Waals surface area (Å²) in [6.07, 6.45) is -4.21. The molecule has 20 nitrogen and oxygen atoms in total. The quantitative estimate of drug-likeness (QED) is 0.0382. The maximum absolute atomic E-state index is 13.4. The SMILES string of the molecule is O=C(O)CCCCCCC(C(=O)OCOC(=O)C(CCCCCCC(=O)O)(N1C(=O)CCC1=O)S(=O)(=O)O)(N1C(=O)CCC1=O)S(=O)(=O)O. The van der Waals surface area contributed by atoms with Crippen LogP contribution in [0.4, 0.5) is 0 Å². The predicted octanol–water partition coefficient (Wildman–Crippen LogP) is 0.347. The van der Waals surface area contributed by atoms with E-state index in [0.29, 0.717) is 0 Å². The van der Waals surface area contributed by atoms with Crippen molar-refractivity contribution in [2.75, 3.05) is 6.79 Å². The van der Waals surface area contributed by atoms with E-state index in [1.807, 2.05) is 0 Å². The number of imide groups is 2. The lowest BCUT2D eigenvalue weighted by atomic mass is 10.0. The molecule has 4 N–H and O–H groups in total. The number of unbranched alkanes of at least 4 members (excludes halogenated alkanes) is 6. The van der Waals surface area contributed by atoms with Crippen LogP contribution in [0, 0.1) is 0 Å². The first kappa shape index (κ1) is 41.2. The molecule has 0 radical (unpaired) electrons. The highest BCUT2D eigenvalue weighted by atomic mass is 32.2. The van der Waals surface area contributed by atoms with E-state index >= 15 is 0 Å². The van der Waals surface area contributed by atoms with Crippen LogP contribution in [0.1, 0.15) is 103 Å². The smallest absolute Gasteiger partial charge is 0.354 e. The van der Waals surface area contributed by atoms with E-state index in [-0.39, 0.29) is 74.0 Å². The van der Waals surface area contributed by atoms with Gasteiger partial charge in [-0.25, -0.2) is 19.4 Å². The van der Waals surface area contributed by atoms with Gasteiger partial charge in [0, 0.05) is 38.5 Å². The highest BCUT2D eigenvalue weighted by molar-refractivity contribution is 7.88. The summed E-state index contributed by atoms with van der Waals surface area (Å²) in [5, 5.41) is 17.6. The van der Waals surface area contributed by atoms with Crippen molar-refractivity contribution in [3.05, 3.63) is 0 Å². The molecule has 0 aromatic carbocycles. The van der Waals surface area contributed by atoms with E-state index in [9.17, 15) is 64.3 Å². The number of nitrogens with zero attached hydrogens (tertiary/aromatic N) is 2. The Labute approximate surface area is 280 Å². The van der Waals surface area contributed by atoms with Gasteiger partial charge < -0.3 is 19.7 Å². The molecule has 0 aromatic heterocycles. The summed E-state index contributed by atoms with van der Waals surface area (Å²) in [5.41, 5.74) is 0. The summed E-state index contributed by atoms with van der Waals surface area (Å²) >= 11 is 0. The van der Waals surface area contributed by atoms with Crippen LogP contribution in [0.3, 0.4) is 0 Å². The summed E-state index contributed by atoms with van der Waals surface area (Å²) in [4.78, 5) is 91.9. The van der Waals surface area contributed by atoms with Crippen LogP contribution >= 0.6 is 0 Å². The maximum Gasteiger partial charge on any atom is 0.354 e. The minimum Gasteiger partial charge on any atom is -0.481 e. The first-order chi connectivity index (χ1) is 22.7. The second kappa shape index (κ2) is 17.1. The van der Waals surface area contributed by atoms with Crippen molar-refractivity contribution in [1.82, 2.24) is 9.80 Å². The maximum atomic E-state index is 13.4. The molecule has 4 amide bonds. The van der Waals surface area contributed by atoms with Crippen molar-refractivity contribution in [3.63, 3.8) is 0 Å². The zero-order valence-electron chi connectivity index (χ0n) is 26.2. The van der Waals surface area contributed by atoms with Crippen molar-refractivity contribution in [2.45, 2.75) is 112 Å². The number of carbonyl (C=O) groups excluding carboxylic acids is 6. The van der Waals surface area contributed by atoms with Gasteiger partial charge in [-0.15, -0.1) is 0 Å². The van der Waals surface area contributed by atoms with Gasteiger partial charge in [0.2, 0.25) is 30.4 Å². The lowest BCUT2D eigenvalue weighted by molar-refractivity contribution is -0.182. The Balaban J connectivity index is 2.37. The van der Waals surface area contributed by atoms with Crippen LogP contribution in [0.2, 0.25) is 0 Å². The average molecular weight is 743 g/mol. The molecule has 0 spiro atoms.